The first-order valence-corrected chi connectivity index (χ1v) is 6.25. The Labute approximate surface area is 109 Å². The van der Waals surface area contributed by atoms with E-state index in [1.807, 2.05) is 11.4 Å². The van der Waals surface area contributed by atoms with Gasteiger partial charge in [-0.2, -0.15) is 0 Å². The molecule has 0 saturated carbocycles. The molecule has 1 aromatic heterocycles. The fourth-order valence-electron chi connectivity index (χ4n) is 1.73. The summed E-state index contributed by atoms with van der Waals surface area (Å²) < 4.78 is 23.7. The van der Waals surface area contributed by atoms with Crippen LogP contribution in [-0.2, 0) is 0 Å². The van der Waals surface area contributed by atoms with Crippen molar-refractivity contribution in [1.82, 2.24) is 0 Å². The summed E-state index contributed by atoms with van der Waals surface area (Å²) in [6, 6.07) is 6.17. The monoisotopic (exact) mass is 267 g/mol. The zero-order valence-corrected chi connectivity index (χ0v) is 11.0. The van der Waals surface area contributed by atoms with Crippen molar-refractivity contribution in [3.8, 4) is 11.5 Å². The summed E-state index contributed by atoms with van der Waals surface area (Å²) in [4.78, 5) is 0.877. The lowest BCUT2D eigenvalue weighted by molar-refractivity contribution is 0.386. The molecule has 0 fully saturated rings. The molecule has 2 aromatic rings. The molecule has 0 radical (unpaired) electrons. The van der Waals surface area contributed by atoms with Crippen LogP contribution in [0.1, 0.15) is 16.5 Å². The molecule has 2 N–H and O–H groups in total. The third kappa shape index (κ3) is 2.32. The highest BCUT2D eigenvalue weighted by molar-refractivity contribution is 7.10. The first-order valence-electron chi connectivity index (χ1n) is 5.37. The van der Waals surface area contributed by atoms with Gasteiger partial charge >= 0.3 is 0 Å². The summed E-state index contributed by atoms with van der Waals surface area (Å²) in [5, 5.41) is 1.90. The van der Waals surface area contributed by atoms with E-state index in [-0.39, 0.29) is 5.75 Å². The van der Waals surface area contributed by atoms with Crippen molar-refractivity contribution in [2.45, 2.75) is 6.04 Å². The fraction of sp³-hybridized carbons (Fsp3) is 0.231. The molecular weight excluding hydrogens is 253 g/mol. The number of thiophene rings is 1. The van der Waals surface area contributed by atoms with Crippen LogP contribution in [0.4, 0.5) is 4.39 Å². The molecule has 0 aliphatic heterocycles. The summed E-state index contributed by atoms with van der Waals surface area (Å²) in [5.41, 5.74) is 6.81. The van der Waals surface area contributed by atoms with Crippen molar-refractivity contribution in [1.29, 1.82) is 0 Å². The van der Waals surface area contributed by atoms with Gasteiger partial charge in [0.2, 0.25) is 0 Å². The lowest BCUT2D eigenvalue weighted by atomic mass is 10.1. The standard InChI is InChI=1S/C13H14FNO2S/c1-16-10-4-3-8(7-9(10)14)12(15)13-11(17-2)5-6-18-13/h3-7,12H,15H2,1-2H3. The highest BCUT2D eigenvalue weighted by Gasteiger charge is 2.17. The molecule has 3 nitrogen and oxygen atoms in total. The normalized spacial score (nSPS) is 12.2. The summed E-state index contributed by atoms with van der Waals surface area (Å²) >= 11 is 1.49. The van der Waals surface area contributed by atoms with Crippen molar-refractivity contribution in [2.24, 2.45) is 5.73 Å². The van der Waals surface area contributed by atoms with Crippen LogP contribution >= 0.6 is 11.3 Å². The third-order valence-corrected chi connectivity index (χ3v) is 3.68. The lowest BCUT2D eigenvalue weighted by Gasteiger charge is -2.13. The average Bonchev–Trinajstić information content (AvgIpc) is 2.86. The molecule has 5 heteroatoms. The van der Waals surface area contributed by atoms with E-state index >= 15 is 0 Å². The van der Waals surface area contributed by atoms with Crippen LogP contribution in [-0.4, -0.2) is 14.2 Å². The quantitative estimate of drug-likeness (QED) is 0.926. The van der Waals surface area contributed by atoms with E-state index in [4.69, 9.17) is 15.2 Å². The molecular formula is C13H14FNO2S. The van der Waals surface area contributed by atoms with Gasteiger partial charge in [-0.05, 0) is 29.1 Å². The van der Waals surface area contributed by atoms with Gasteiger partial charge in [-0.1, -0.05) is 6.07 Å². The minimum absolute atomic E-state index is 0.212. The van der Waals surface area contributed by atoms with Crippen molar-refractivity contribution in [2.75, 3.05) is 14.2 Å². The van der Waals surface area contributed by atoms with Crippen molar-refractivity contribution in [3.63, 3.8) is 0 Å². The van der Waals surface area contributed by atoms with Crippen LogP contribution in [0.3, 0.4) is 0 Å². The van der Waals surface area contributed by atoms with Crippen LogP contribution in [0.2, 0.25) is 0 Å². The fourth-order valence-corrected chi connectivity index (χ4v) is 2.62. The zero-order valence-electron chi connectivity index (χ0n) is 10.1. The molecule has 0 saturated heterocycles. The van der Waals surface area contributed by atoms with Crippen LogP contribution in [0, 0.1) is 5.82 Å². The molecule has 0 bridgehead atoms. The highest BCUT2D eigenvalue weighted by atomic mass is 32.1. The SMILES string of the molecule is COc1ccc(C(N)c2sccc2OC)cc1F. The molecule has 0 aliphatic rings. The molecule has 1 aromatic carbocycles. The van der Waals surface area contributed by atoms with E-state index < -0.39 is 11.9 Å². The van der Waals surface area contributed by atoms with E-state index in [1.165, 1.54) is 24.5 Å². The second-order valence-corrected chi connectivity index (χ2v) is 4.67. The Bertz CT molecular complexity index is 542. The smallest absolute Gasteiger partial charge is 0.165 e. The van der Waals surface area contributed by atoms with E-state index in [0.717, 1.165) is 10.6 Å². The molecule has 1 unspecified atom stereocenters. The summed E-state index contributed by atoms with van der Waals surface area (Å²) in [6.45, 7) is 0. The van der Waals surface area contributed by atoms with E-state index in [1.54, 1.807) is 19.2 Å². The van der Waals surface area contributed by atoms with Crippen molar-refractivity contribution in [3.05, 3.63) is 45.9 Å². The largest absolute Gasteiger partial charge is 0.496 e. The van der Waals surface area contributed by atoms with Gasteiger partial charge in [0.25, 0.3) is 0 Å². The highest BCUT2D eigenvalue weighted by Crippen LogP contribution is 2.34. The Morgan fingerprint density at radius 3 is 2.50 bits per heavy atom. The summed E-state index contributed by atoms with van der Waals surface area (Å²) in [5.74, 6) is 0.522. The molecule has 0 amide bonds. The Kier molecular flexibility index (Phi) is 3.84. The Morgan fingerprint density at radius 1 is 1.17 bits per heavy atom. The molecule has 2 rings (SSSR count). The molecule has 0 spiro atoms. The third-order valence-electron chi connectivity index (χ3n) is 2.69. The van der Waals surface area contributed by atoms with Gasteiger partial charge in [-0.3, -0.25) is 0 Å². The van der Waals surface area contributed by atoms with Crippen LogP contribution in [0.5, 0.6) is 11.5 Å². The molecule has 18 heavy (non-hydrogen) atoms. The molecule has 1 atom stereocenters. The maximum atomic E-state index is 13.6. The minimum atomic E-state index is -0.416. The average molecular weight is 267 g/mol. The maximum Gasteiger partial charge on any atom is 0.165 e. The second kappa shape index (κ2) is 5.37. The zero-order chi connectivity index (χ0) is 13.1. The van der Waals surface area contributed by atoms with Gasteiger partial charge < -0.3 is 15.2 Å². The number of nitrogens with two attached hydrogens (primary N) is 1. The van der Waals surface area contributed by atoms with Crippen molar-refractivity contribution < 1.29 is 13.9 Å². The van der Waals surface area contributed by atoms with Crippen LogP contribution in [0.15, 0.2) is 29.6 Å². The number of hydrogen-bond donors (Lipinski definition) is 1. The second-order valence-electron chi connectivity index (χ2n) is 3.72. The Balaban J connectivity index is 2.34. The van der Waals surface area contributed by atoms with Crippen LogP contribution in [0.25, 0.3) is 0 Å². The van der Waals surface area contributed by atoms with Gasteiger partial charge in [-0.15, -0.1) is 11.3 Å². The van der Waals surface area contributed by atoms with Gasteiger partial charge in [0.05, 0.1) is 25.1 Å². The number of rotatable bonds is 4. The summed E-state index contributed by atoms with van der Waals surface area (Å²) in [6.07, 6.45) is 0. The van der Waals surface area contributed by atoms with E-state index in [9.17, 15) is 4.39 Å². The van der Waals surface area contributed by atoms with Gasteiger partial charge in [0.15, 0.2) is 11.6 Å². The number of methoxy groups -OCH3 is 2. The maximum absolute atomic E-state index is 13.6. The van der Waals surface area contributed by atoms with E-state index in [0.29, 0.717) is 5.56 Å². The lowest BCUT2D eigenvalue weighted by Crippen LogP contribution is -2.11. The Morgan fingerprint density at radius 2 is 1.89 bits per heavy atom. The summed E-state index contributed by atoms with van der Waals surface area (Å²) in [7, 11) is 3.02. The predicted octanol–water partition coefficient (Wildman–Crippen LogP) is 2.95. The minimum Gasteiger partial charge on any atom is -0.496 e. The first-order chi connectivity index (χ1) is 8.67. The Hall–Kier alpha value is -1.59. The first kappa shape index (κ1) is 12.9. The molecule has 0 aliphatic carbocycles. The van der Waals surface area contributed by atoms with Gasteiger partial charge in [-0.25, -0.2) is 4.39 Å². The number of halogens is 1. The number of benzene rings is 1. The topological polar surface area (TPSA) is 44.5 Å². The van der Waals surface area contributed by atoms with E-state index in [2.05, 4.69) is 0 Å². The number of ether oxygens (including phenoxy) is 2. The van der Waals surface area contributed by atoms with Gasteiger partial charge in [0.1, 0.15) is 5.75 Å². The van der Waals surface area contributed by atoms with Crippen molar-refractivity contribution >= 4 is 11.3 Å². The number of hydrogen-bond acceptors (Lipinski definition) is 4. The van der Waals surface area contributed by atoms with Gasteiger partial charge in [0, 0.05) is 0 Å². The molecule has 1 heterocycles. The molecule has 96 valence electrons. The predicted molar refractivity (Wildman–Crippen MR) is 69.9 cm³/mol. The van der Waals surface area contributed by atoms with Crippen LogP contribution < -0.4 is 15.2 Å².